The summed E-state index contributed by atoms with van der Waals surface area (Å²) in [6, 6.07) is 9.55. The molecule has 0 atom stereocenters. The lowest BCUT2D eigenvalue weighted by Crippen LogP contribution is -2.29. The van der Waals surface area contributed by atoms with E-state index >= 15 is 0 Å². The molecule has 2 aromatic heterocycles. The van der Waals surface area contributed by atoms with Crippen molar-refractivity contribution >= 4 is 21.6 Å². The van der Waals surface area contributed by atoms with Crippen LogP contribution in [0.2, 0.25) is 5.02 Å². The molecule has 10 heteroatoms. The van der Waals surface area contributed by atoms with Gasteiger partial charge in [0.25, 0.3) is 5.56 Å². The van der Waals surface area contributed by atoms with E-state index in [4.69, 9.17) is 16.1 Å². The van der Waals surface area contributed by atoms with Crippen LogP contribution in [-0.4, -0.2) is 40.5 Å². The molecule has 3 aromatic rings. The number of sulfonamides is 1. The first-order valence-corrected chi connectivity index (χ1v) is 10.5. The standard InChI is InChI=1S/C18H17ClN4O4S/c19-14-5-3-4-13(10-14)18-20-16(27-21-18)12-22-11-15(6-7-17(22)24)28(25,26)23-8-1-2-9-23/h3-7,10-11H,1-2,8-9,12H2. The Hall–Kier alpha value is -2.49. The average Bonchev–Trinajstić information content (AvgIpc) is 3.36. The third-order valence-electron chi connectivity index (χ3n) is 4.52. The van der Waals surface area contributed by atoms with Crippen molar-refractivity contribution in [2.24, 2.45) is 0 Å². The minimum atomic E-state index is -3.62. The quantitative estimate of drug-likeness (QED) is 0.628. The first-order chi connectivity index (χ1) is 13.4. The summed E-state index contributed by atoms with van der Waals surface area (Å²) in [7, 11) is -3.62. The van der Waals surface area contributed by atoms with Gasteiger partial charge in [-0.1, -0.05) is 28.9 Å². The van der Waals surface area contributed by atoms with E-state index < -0.39 is 10.0 Å². The van der Waals surface area contributed by atoms with Crippen molar-refractivity contribution in [3.63, 3.8) is 0 Å². The summed E-state index contributed by atoms with van der Waals surface area (Å²) in [5, 5.41) is 4.44. The molecule has 0 N–H and O–H groups in total. The zero-order valence-corrected chi connectivity index (χ0v) is 16.4. The van der Waals surface area contributed by atoms with Gasteiger partial charge in [-0.25, -0.2) is 8.42 Å². The number of pyridine rings is 1. The summed E-state index contributed by atoms with van der Waals surface area (Å²) >= 11 is 5.97. The van der Waals surface area contributed by atoms with Crippen molar-refractivity contribution in [3.8, 4) is 11.4 Å². The molecule has 0 bridgehead atoms. The van der Waals surface area contributed by atoms with E-state index in [2.05, 4.69) is 10.1 Å². The molecule has 0 aliphatic carbocycles. The van der Waals surface area contributed by atoms with Crippen LogP contribution in [0.3, 0.4) is 0 Å². The number of halogens is 1. The molecule has 0 radical (unpaired) electrons. The molecule has 8 nitrogen and oxygen atoms in total. The molecule has 1 saturated heterocycles. The molecule has 1 aliphatic heterocycles. The molecule has 3 heterocycles. The molecule has 4 rings (SSSR count). The lowest BCUT2D eigenvalue weighted by Gasteiger charge is -2.16. The van der Waals surface area contributed by atoms with Crippen LogP contribution in [0.5, 0.6) is 0 Å². The maximum Gasteiger partial charge on any atom is 0.251 e. The van der Waals surface area contributed by atoms with E-state index in [1.807, 2.05) is 0 Å². The van der Waals surface area contributed by atoms with Crippen LogP contribution in [-0.2, 0) is 16.6 Å². The Labute approximate surface area is 166 Å². The number of benzene rings is 1. The van der Waals surface area contributed by atoms with Gasteiger partial charge < -0.3 is 9.09 Å². The summed E-state index contributed by atoms with van der Waals surface area (Å²) < 4.78 is 33.3. The largest absolute Gasteiger partial charge is 0.337 e. The predicted molar refractivity (Wildman–Crippen MR) is 103 cm³/mol. The average molecular weight is 421 g/mol. The first kappa shape index (κ1) is 18.9. The SMILES string of the molecule is O=c1ccc(S(=O)(=O)N2CCCC2)cn1Cc1nc(-c2cccc(Cl)c2)no1. The Kier molecular flexibility index (Phi) is 5.05. The topological polar surface area (TPSA) is 98.3 Å². The highest BCUT2D eigenvalue weighted by molar-refractivity contribution is 7.89. The van der Waals surface area contributed by atoms with Gasteiger partial charge in [-0.2, -0.15) is 9.29 Å². The maximum absolute atomic E-state index is 12.7. The van der Waals surface area contributed by atoms with Crippen LogP contribution in [0.1, 0.15) is 18.7 Å². The second kappa shape index (κ2) is 7.50. The van der Waals surface area contributed by atoms with Gasteiger partial charge in [0.1, 0.15) is 6.54 Å². The van der Waals surface area contributed by atoms with Crippen molar-refractivity contribution in [2.45, 2.75) is 24.3 Å². The van der Waals surface area contributed by atoms with E-state index in [9.17, 15) is 13.2 Å². The molecule has 0 spiro atoms. The molecule has 0 unspecified atom stereocenters. The molecule has 1 aliphatic rings. The number of aromatic nitrogens is 3. The third kappa shape index (κ3) is 3.73. The highest BCUT2D eigenvalue weighted by Crippen LogP contribution is 2.21. The Morgan fingerprint density at radius 1 is 1.14 bits per heavy atom. The van der Waals surface area contributed by atoms with Gasteiger partial charge >= 0.3 is 0 Å². The first-order valence-electron chi connectivity index (χ1n) is 8.73. The van der Waals surface area contributed by atoms with Crippen molar-refractivity contribution < 1.29 is 12.9 Å². The Morgan fingerprint density at radius 2 is 1.93 bits per heavy atom. The molecule has 146 valence electrons. The summed E-state index contributed by atoms with van der Waals surface area (Å²) in [5.41, 5.74) is 0.322. The molecule has 0 saturated carbocycles. The molecular weight excluding hydrogens is 404 g/mol. The number of hydrogen-bond acceptors (Lipinski definition) is 6. The zero-order chi connectivity index (χ0) is 19.7. The second-order valence-corrected chi connectivity index (χ2v) is 8.84. The molecule has 1 fully saturated rings. The molecule has 1 aromatic carbocycles. The fourth-order valence-corrected chi connectivity index (χ4v) is 4.80. The smallest absolute Gasteiger partial charge is 0.251 e. The minimum Gasteiger partial charge on any atom is -0.337 e. The van der Waals surface area contributed by atoms with Crippen molar-refractivity contribution in [1.29, 1.82) is 0 Å². The molecule has 28 heavy (non-hydrogen) atoms. The fourth-order valence-electron chi connectivity index (χ4n) is 3.07. The van der Waals surface area contributed by atoms with Gasteiger partial charge in [0.2, 0.25) is 21.7 Å². The molecular formula is C18H17ClN4O4S. The van der Waals surface area contributed by atoms with Gasteiger partial charge in [-0.05, 0) is 31.0 Å². The Morgan fingerprint density at radius 3 is 2.68 bits per heavy atom. The van der Waals surface area contributed by atoms with Crippen molar-refractivity contribution in [2.75, 3.05) is 13.1 Å². The second-order valence-electron chi connectivity index (χ2n) is 6.46. The summed E-state index contributed by atoms with van der Waals surface area (Å²) in [6.45, 7) is 0.956. The fraction of sp³-hybridized carbons (Fsp3) is 0.278. The van der Waals surface area contributed by atoms with Crippen LogP contribution < -0.4 is 5.56 Å². The van der Waals surface area contributed by atoms with Crippen LogP contribution in [0.25, 0.3) is 11.4 Å². The van der Waals surface area contributed by atoms with Gasteiger partial charge in [0, 0.05) is 35.9 Å². The highest BCUT2D eigenvalue weighted by atomic mass is 35.5. The third-order valence-corrected chi connectivity index (χ3v) is 6.63. The zero-order valence-electron chi connectivity index (χ0n) is 14.8. The van der Waals surface area contributed by atoms with E-state index in [1.165, 1.54) is 27.2 Å². The number of rotatable bonds is 5. The van der Waals surface area contributed by atoms with Gasteiger partial charge in [0.15, 0.2) is 0 Å². The van der Waals surface area contributed by atoms with Crippen LogP contribution in [0.15, 0.2) is 56.8 Å². The Balaban J connectivity index is 1.61. The summed E-state index contributed by atoms with van der Waals surface area (Å²) in [5.74, 6) is 0.527. The summed E-state index contributed by atoms with van der Waals surface area (Å²) in [6.07, 6.45) is 3.00. The molecule has 0 amide bonds. The minimum absolute atomic E-state index is 0.0320. The number of hydrogen-bond donors (Lipinski definition) is 0. The summed E-state index contributed by atoms with van der Waals surface area (Å²) in [4.78, 5) is 16.5. The predicted octanol–water partition coefficient (Wildman–Crippen LogP) is 2.38. The van der Waals surface area contributed by atoms with E-state index in [0.29, 0.717) is 29.5 Å². The number of nitrogens with zero attached hydrogens (tertiary/aromatic N) is 4. The lowest BCUT2D eigenvalue weighted by atomic mass is 10.2. The lowest BCUT2D eigenvalue weighted by molar-refractivity contribution is 0.369. The van der Waals surface area contributed by atoms with Gasteiger partial charge in [-0.15, -0.1) is 0 Å². The van der Waals surface area contributed by atoms with E-state index in [1.54, 1.807) is 24.3 Å². The maximum atomic E-state index is 12.7. The van der Waals surface area contributed by atoms with Crippen molar-refractivity contribution in [3.05, 3.63) is 63.9 Å². The van der Waals surface area contributed by atoms with Crippen LogP contribution in [0.4, 0.5) is 0 Å². The Bertz CT molecular complexity index is 1170. The van der Waals surface area contributed by atoms with Crippen LogP contribution >= 0.6 is 11.6 Å². The van der Waals surface area contributed by atoms with E-state index in [-0.39, 0.29) is 22.9 Å². The van der Waals surface area contributed by atoms with E-state index in [0.717, 1.165) is 12.8 Å². The van der Waals surface area contributed by atoms with Gasteiger partial charge in [-0.3, -0.25) is 4.79 Å². The van der Waals surface area contributed by atoms with Crippen molar-refractivity contribution in [1.82, 2.24) is 19.0 Å². The van der Waals surface area contributed by atoms with Crippen LogP contribution in [0, 0.1) is 0 Å². The van der Waals surface area contributed by atoms with Gasteiger partial charge in [0.05, 0.1) is 4.90 Å². The highest BCUT2D eigenvalue weighted by Gasteiger charge is 2.27. The normalized spacial score (nSPS) is 15.2. The monoisotopic (exact) mass is 420 g/mol.